The summed E-state index contributed by atoms with van der Waals surface area (Å²) >= 11 is 1.55. The van der Waals surface area contributed by atoms with Gasteiger partial charge < -0.3 is 9.64 Å². The fourth-order valence-corrected chi connectivity index (χ4v) is 3.54. The number of halogens is 2. The molecule has 1 aromatic carbocycles. The molecule has 4 nitrogen and oxygen atoms in total. The van der Waals surface area contributed by atoms with Gasteiger partial charge in [0.1, 0.15) is 22.4 Å². The topological polar surface area (TPSA) is 38.2 Å². The van der Waals surface area contributed by atoms with E-state index in [1.165, 1.54) is 12.3 Å². The van der Waals surface area contributed by atoms with E-state index in [1.54, 1.807) is 17.4 Å². The molecule has 0 aliphatic rings. The molecule has 132 valence electrons. The molecule has 1 atom stereocenters. The van der Waals surface area contributed by atoms with Gasteiger partial charge in [-0.1, -0.05) is 0 Å². The highest BCUT2D eigenvalue weighted by Crippen LogP contribution is 2.29. The maximum Gasteiger partial charge on any atom is 0.152 e. The van der Waals surface area contributed by atoms with Crippen molar-refractivity contribution in [2.24, 2.45) is 0 Å². The molecule has 1 unspecified atom stereocenters. The molecule has 0 aliphatic heterocycles. The van der Waals surface area contributed by atoms with E-state index in [0.29, 0.717) is 24.2 Å². The number of fused-ring (bicyclic) bond motifs is 1. The smallest absolute Gasteiger partial charge is 0.152 e. The Bertz CT molecular complexity index is 884. The average Bonchev–Trinajstić information content (AvgIpc) is 3.03. The predicted molar refractivity (Wildman–Crippen MR) is 95.9 cm³/mol. The standard InChI is InChI=1S/C18H19F2N3OS/c1-4-24-11(2)18-22-13(10-25-18)9-23(3)16-5-6-21-17-14(16)7-12(19)8-15(17)20/h5-8,10-11H,4,9H2,1-3H3. The molecule has 0 spiro atoms. The molecule has 3 rings (SSSR count). The fraction of sp³-hybridized carbons (Fsp3) is 0.333. The number of rotatable bonds is 6. The number of thiazole rings is 1. The van der Waals surface area contributed by atoms with Crippen LogP contribution in [-0.2, 0) is 11.3 Å². The van der Waals surface area contributed by atoms with Crippen molar-refractivity contribution in [2.45, 2.75) is 26.5 Å². The molecule has 2 aromatic heterocycles. The van der Waals surface area contributed by atoms with Crippen molar-refractivity contribution < 1.29 is 13.5 Å². The average molecular weight is 363 g/mol. The zero-order valence-electron chi connectivity index (χ0n) is 14.3. The van der Waals surface area contributed by atoms with Gasteiger partial charge >= 0.3 is 0 Å². The molecule has 0 saturated heterocycles. The number of anilines is 1. The van der Waals surface area contributed by atoms with Crippen molar-refractivity contribution in [3.05, 3.63) is 52.1 Å². The Kier molecular flexibility index (Phi) is 5.24. The Balaban J connectivity index is 1.87. The van der Waals surface area contributed by atoms with Gasteiger partial charge in [0.2, 0.25) is 0 Å². The normalized spacial score (nSPS) is 12.5. The van der Waals surface area contributed by atoms with Gasteiger partial charge in [-0.3, -0.25) is 4.98 Å². The van der Waals surface area contributed by atoms with Crippen LogP contribution in [0.15, 0.2) is 29.8 Å². The molecular weight excluding hydrogens is 344 g/mol. The summed E-state index contributed by atoms with van der Waals surface area (Å²) in [5, 5.41) is 3.34. The molecule has 0 radical (unpaired) electrons. The Labute approximate surface area is 149 Å². The Morgan fingerprint density at radius 1 is 1.32 bits per heavy atom. The lowest BCUT2D eigenvalue weighted by Crippen LogP contribution is -2.17. The van der Waals surface area contributed by atoms with Gasteiger partial charge in [-0.25, -0.2) is 13.8 Å². The second-order valence-corrected chi connectivity index (χ2v) is 6.63. The van der Waals surface area contributed by atoms with Crippen LogP contribution < -0.4 is 4.90 Å². The predicted octanol–water partition coefficient (Wildman–Crippen LogP) is 4.70. The van der Waals surface area contributed by atoms with Crippen molar-refractivity contribution in [3.8, 4) is 0 Å². The summed E-state index contributed by atoms with van der Waals surface area (Å²) in [4.78, 5) is 10.5. The quantitative estimate of drug-likeness (QED) is 0.636. The maximum atomic E-state index is 13.9. The largest absolute Gasteiger partial charge is 0.372 e. The first-order chi connectivity index (χ1) is 12.0. The third-order valence-corrected chi connectivity index (χ3v) is 4.94. The first kappa shape index (κ1) is 17.7. The van der Waals surface area contributed by atoms with E-state index in [9.17, 15) is 8.78 Å². The van der Waals surface area contributed by atoms with E-state index >= 15 is 0 Å². The monoisotopic (exact) mass is 363 g/mol. The van der Waals surface area contributed by atoms with Gasteiger partial charge in [-0.05, 0) is 26.0 Å². The zero-order valence-corrected chi connectivity index (χ0v) is 15.1. The molecule has 0 amide bonds. The third kappa shape index (κ3) is 3.77. The molecule has 0 saturated carbocycles. The highest BCUT2D eigenvalue weighted by Gasteiger charge is 2.15. The summed E-state index contributed by atoms with van der Waals surface area (Å²) in [5.74, 6) is -1.28. The highest BCUT2D eigenvalue weighted by molar-refractivity contribution is 7.09. The van der Waals surface area contributed by atoms with E-state index in [4.69, 9.17) is 4.74 Å². The number of nitrogens with zero attached hydrogens (tertiary/aromatic N) is 3. The lowest BCUT2D eigenvalue weighted by molar-refractivity contribution is 0.0761. The molecule has 25 heavy (non-hydrogen) atoms. The summed E-state index contributed by atoms with van der Waals surface area (Å²) in [6.07, 6.45) is 1.48. The molecule has 2 heterocycles. The second kappa shape index (κ2) is 7.41. The minimum atomic E-state index is -0.660. The summed E-state index contributed by atoms with van der Waals surface area (Å²) in [6, 6.07) is 3.90. The number of hydrogen-bond acceptors (Lipinski definition) is 5. The number of pyridine rings is 1. The molecular formula is C18H19F2N3OS. The maximum absolute atomic E-state index is 13.9. The van der Waals surface area contributed by atoms with E-state index in [0.717, 1.165) is 16.8 Å². The van der Waals surface area contributed by atoms with Gasteiger partial charge in [-0.15, -0.1) is 11.3 Å². The highest BCUT2D eigenvalue weighted by atomic mass is 32.1. The molecule has 7 heteroatoms. The van der Waals surface area contributed by atoms with Crippen LogP contribution in [0.5, 0.6) is 0 Å². The number of hydrogen-bond donors (Lipinski definition) is 0. The van der Waals surface area contributed by atoms with Crippen LogP contribution in [0.25, 0.3) is 10.9 Å². The Morgan fingerprint density at radius 3 is 2.88 bits per heavy atom. The number of ether oxygens (including phenoxy) is 1. The van der Waals surface area contributed by atoms with E-state index in [1.807, 2.05) is 31.2 Å². The van der Waals surface area contributed by atoms with Gasteiger partial charge in [0.15, 0.2) is 5.82 Å². The van der Waals surface area contributed by atoms with Crippen molar-refractivity contribution in [1.29, 1.82) is 0 Å². The summed E-state index contributed by atoms with van der Waals surface area (Å²) in [5.41, 5.74) is 1.75. The van der Waals surface area contributed by atoms with Crippen LogP contribution in [0.4, 0.5) is 14.5 Å². The van der Waals surface area contributed by atoms with Crippen molar-refractivity contribution in [2.75, 3.05) is 18.6 Å². The molecule has 0 fully saturated rings. The minimum Gasteiger partial charge on any atom is -0.372 e. The van der Waals surface area contributed by atoms with Gasteiger partial charge in [0, 0.05) is 42.4 Å². The third-order valence-electron chi connectivity index (χ3n) is 3.88. The van der Waals surface area contributed by atoms with Gasteiger partial charge in [0.05, 0.1) is 12.2 Å². The molecule has 0 N–H and O–H groups in total. The van der Waals surface area contributed by atoms with Crippen LogP contribution >= 0.6 is 11.3 Å². The van der Waals surface area contributed by atoms with Crippen LogP contribution in [0.1, 0.15) is 30.7 Å². The van der Waals surface area contributed by atoms with Crippen LogP contribution in [0.3, 0.4) is 0 Å². The van der Waals surface area contributed by atoms with Crippen molar-refractivity contribution >= 4 is 27.9 Å². The summed E-state index contributed by atoms with van der Waals surface area (Å²) in [6.45, 7) is 5.08. The van der Waals surface area contributed by atoms with Gasteiger partial charge in [-0.2, -0.15) is 0 Å². The second-order valence-electron chi connectivity index (χ2n) is 5.74. The van der Waals surface area contributed by atoms with Crippen LogP contribution in [0, 0.1) is 11.6 Å². The molecule has 0 bridgehead atoms. The molecule has 0 aliphatic carbocycles. The first-order valence-corrected chi connectivity index (χ1v) is 8.88. The molecule has 3 aromatic rings. The zero-order chi connectivity index (χ0) is 18.0. The Morgan fingerprint density at radius 2 is 2.12 bits per heavy atom. The van der Waals surface area contributed by atoms with Crippen LogP contribution in [-0.4, -0.2) is 23.6 Å². The summed E-state index contributed by atoms with van der Waals surface area (Å²) in [7, 11) is 1.86. The summed E-state index contributed by atoms with van der Waals surface area (Å²) < 4.78 is 33.1. The van der Waals surface area contributed by atoms with Gasteiger partial charge in [0.25, 0.3) is 0 Å². The lowest BCUT2D eigenvalue weighted by atomic mass is 10.1. The minimum absolute atomic E-state index is 0.0426. The fourth-order valence-electron chi connectivity index (χ4n) is 2.73. The van der Waals surface area contributed by atoms with E-state index < -0.39 is 11.6 Å². The Hall–Kier alpha value is -2.12. The SMILES string of the molecule is CCOC(C)c1nc(CN(C)c2ccnc3c(F)cc(F)cc23)cs1. The van der Waals surface area contributed by atoms with Crippen LogP contribution in [0.2, 0.25) is 0 Å². The van der Waals surface area contributed by atoms with Crippen molar-refractivity contribution in [3.63, 3.8) is 0 Å². The lowest BCUT2D eigenvalue weighted by Gasteiger charge is -2.20. The number of benzene rings is 1. The number of aromatic nitrogens is 2. The van der Waals surface area contributed by atoms with E-state index in [-0.39, 0.29) is 11.6 Å². The van der Waals surface area contributed by atoms with E-state index in [2.05, 4.69) is 9.97 Å². The first-order valence-electron chi connectivity index (χ1n) is 8.00. The van der Waals surface area contributed by atoms with Crippen molar-refractivity contribution in [1.82, 2.24) is 9.97 Å².